The maximum Gasteiger partial charge on any atom is 0.134 e. The van der Waals surface area contributed by atoms with Crippen molar-refractivity contribution in [2.75, 3.05) is 11.4 Å². The highest BCUT2D eigenvalue weighted by Crippen LogP contribution is 2.24. The molecular weight excluding hydrogens is 228 g/mol. The van der Waals surface area contributed by atoms with Gasteiger partial charge in [-0.05, 0) is 32.0 Å². The Morgan fingerprint density at radius 1 is 1.39 bits per heavy atom. The predicted molar refractivity (Wildman–Crippen MR) is 70.3 cm³/mol. The monoisotopic (exact) mass is 246 g/mol. The molecule has 4 heteroatoms. The van der Waals surface area contributed by atoms with Crippen molar-refractivity contribution in [2.45, 2.75) is 26.5 Å². The molecule has 0 unspecified atom stereocenters. The molecule has 0 fully saturated rings. The van der Waals surface area contributed by atoms with Gasteiger partial charge in [0.2, 0.25) is 0 Å². The van der Waals surface area contributed by atoms with Crippen LogP contribution in [-0.2, 0) is 6.54 Å². The molecule has 0 amide bonds. The average molecular weight is 246 g/mol. The SMILES string of the molecule is CCN(Cc1ccco1)c1ncccc1[C@@H](C)O. The van der Waals surface area contributed by atoms with Gasteiger partial charge in [-0.2, -0.15) is 0 Å². The van der Waals surface area contributed by atoms with Gasteiger partial charge in [-0.25, -0.2) is 4.98 Å². The quantitative estimate of drug-likeness (QED) is 0.881. The van der Waals surface area contributed by atoms with Crippen molar-refractivity contribution in [1.29, 1.82) is 0 Å². The lowest BCUT2D eigenvalue weighted by atomic mass is 10.1. The highest BCUT2D eigenvalue weighted by molar-refractivity contribution is 5.47. The van der Waals surface area contributed by atoms with Crippen molar-refractivity contribution >= 4 is 5.82 Å². The third-order valence-electron chi connectivity index (χ3n) is 2.88. The molecule has 2 aromatic heterocycles. The van der Waals surface area contributed by atoms with E-state index in [4.69, 9.17) is 4.42 Å². The number of aliphatic hydroxyl groups is 1. The number of furan rings is 1. The molecule has 0 aliphatic carbocycles. The Morgan fingerprint density at radius 3 is 2.83 bits per heavy atom. The van der Waals surface area contributed by atoms with Crippen LogP contribution in [-0.4, -0.2) is 16.6 Å². The van der Waals surface area contributed by atoms with Gasteiger partial charge in [-0.3, -0.25) is 0 Å². The number of anilines is 1. The molecule has 2 rings (SSSR count). The Morgan fingerprint density at radius 2 is 2.22 bits per heavy atom. The molecule has 0 bridgehead atoms. The van der Waals surface area contributed by atoms with Crippen molar-refractivity contribution in [3.63, 3.8) is 0 Å². The molecule has 2 aromatic rings. The van der Waals surface area contributed by atoms with Crippen LogP contribution in [0.4, 0.5) is 5.82 Å². The molecule has 0 saturated carbocycles. The van der Waals surface area contributed by atoms with Crippen molar-refractivity contribution < 1.29 is 9.52 Å². The number of rotatable bonds is 5. The first kappa shape index (κ1) is 12.6. The maximum absolute atomic E-state index is 9.78. The lowest BCUT2D eigenvalue weighted by Gasteiger charge is -2.24. The minimum atomic E-state index is -0.528. The summed E-state index contributed by atoms with van der Waals surface area (Å²) in [5, 5.41) is 9.78. The molecule has 0 aromatic carbocycles. The first-order valence-electron chi connectivity index (χ1n) is 6.12. The normalized spacial score (nSPS) is 12.4. The Bertz CT molecular complexity index is 480. The van der Waals surface area contributed by atoms with Crippen molar-refractivity contribution in [2.24, 2.45) is 0 Å². The Hall–Kier alpha value is -1.81. The summed E-state index contributed by atoms with van der Waals surface area (Å²) in [4.78, 5) is 6.46. The van der Waals surface area contributed by atoms with E-state index in [1.54, 1.807) is 19.4 Å². The number of aliphatic hydroxyl groups excluding tert-OH is 1. The van der Waals surface area contributed by atoms with E-state index in [-0.39, 0.29) is 0 Å². The van der Waals surface area contributed by atoms with E-state index in [9.17, 15) is 5.11 Å². The molecule has 0 spiro atoms. The van der Waals surface area contributed by atoms with Crippen molar-refractivity contribution in [3.05, 3.63) is 48.0 Å². The Labute approximate surface area is 107 Å². The zero-order valence-corrected chi connectivity index (χ0v) is 10.7. The summed E-state index contributed by atoms with van der Waals surface area (Å²) in [5.41, 5.74) is 0.839. The van der Waals surface area contributed by atoms with Crippen LogP contribution in [0.2, 0.25) is 0 Å². The van der Waals surface area contributed by atoms with E-state index in [0.29, 0.717) is 6.54 Å². The molecule has 96 valence electrons. The van der Waals surface area contributed by atoms with Gasteiger partial charge >= 0.3 is 0 Å². The third kappa shape index (κ3) is 2.71. The summed E-state index contributed by atoms with van der Waals surface area (Å²) >= 11 is 0. The number of hydrogen-bond donors (Lipinski definition) is 1. The Kier molecular flexibility index (Phi) is 3.99. The third-order valence-corrected chi connectivity index (χ3v) is 2.88. The standard InChI is InChI=1S/C14H18N2O2/c1-3-16(10-12-6-5-9-18-12)14-13(11(2)17)7-4-8-15-14/h4-9,11,17H,3,10H2,1-2H3/t11-/m1/s1. The zero-order chi connectivity index (χ0) is 13.0. The fraction of sp³-hybridized carbons (Fsp3) is 0.357. The molecule has 18 heavy (non-hydrogen) atoms. The molecule has 0 saturated heterocycles. The maximum atomic E-state index is 9.78. The van der Waals surface area contributed by atoms with Gasteiger partial charge < -0.3 is 14.4 Å². The molecule has 0 aliphatic rings. The number of pyridine rings is 1. The molecule has 0 radical (unpaired) electrons. The van der Waals surface area contributed by atoms with Crippen LogP contribution < -0.4 is 4.90 Å². The van der Waals surface area contributed by atoms with Gasteiger partial charge in [0, 0.05) is 18.3 Å². The van der Waals surface area contributed by atoms with Crippen LogP contribution in [0.25, 0.3) is 0 Å². The molecule has 2 heterocycles. The van der Waals surface area contributed by atoms with Crippen LogP contribution in [0, 0.1) is 0 Å². The summed E-state index contributed by atoms with van der Waals surface area (Å²) < 4.78 is 5.36. The van der Waals surface area contributed by atoms with E-state index < -0.39 is 6.10 Å². The highest BCUT2D eigenvalue weighted by atomic mass is 16.3. The van der Waals surface area contributed by atoms with Gasteiger partial charge in [0.25, 0.3) is 0 Å². The van der Waals surface area contributed by atoms with Crippen LogP contribution in [0.3, 0.4) is 0 Å². The lowest BCUT2D eigenvalue weighted by Crippen LogP contribution is -2.24. The second-order valence-corrected chi connectivity index (χ2v) is 4.19. The molecule has 0 aliphatic heterocycles. The first-order chi connectivity index (χ1) is 8.72. The van der Waals surface area contributed by atoms with Gasteiger partial charge in [-0.1, -0.05) is 6.07 Å². The van der Waals surface area contributed by atoms with Gasteiger partial charge in [0.15, 0.2) is 0 Å². The fourth-order valence-corrected chi connectivity index (χ4v) is 1.93. The highest BCUT2D eigenvalue weighted by Gasteiger charge is 2.15. The van der Waals surface area contributed by atoms with Crippen molar-refractivity contribution in [1.82, 2.24) is 4.98 Å². The minimum absolute atomic E-state index is 0.528. The average Bonchev–Trinajstić information content (AvgIpc) is 2.88. The zero-order valence-electron chi connectivity index (χ0n) is 10.7. The molecule has 4 nitrogen and oxygen atoms in total. The summed E-state index contributed by atoms with van der Waals surface area (Å²) in [6.07, 6.45) is 2.88. The Balaban J connectivity index is 2.27. The van der Waals surface area contributed by atoms with Crippen LogP contribution in [0.1, 0.15) is 31.3 Å². The number of nitrogens with zero attached hydrogens (tertiary/aromatic N) is 2. The van der Waals surface area contributed by atoms with Gasteiger partial charge in [0.1, 0.15) is 11.6 Å². The van der Waals surface area contributed by atoms with Gasteiger partial charge in [-0.15, -0.1) is 0 Å². The fourth-order valence-electron chi connectivity index (χ4n) is 1.93. The van der Waals surface area contributed by atoms with Crippen LogP contribution in [0.5, 0.6) is 0 Å². The van der Waals surface area contributed by atoms with E-state index in [1.165, 1.54) is 0 Å². The van der Waals surface area contributed by atoms with E-state index in [2.05, 4.69) is 16.8 Å². The predicted octanol–water partition coefficient (Wildman–Crippen LogP) is 2.75. The summed E-state index contributed by atoms with van der Waals surface area (Å²) in [6.45, 7) is 5.27. The topological polar surface area (TPSA) is 49.5 Å². The smallest absolute Gasteiger partial charge is 0.134 e. The summed E-state index contributed by atoms with van der Waals surface area (Å²) in [6, 6.07) is 7.55. The number of hydrogen-bond acceptors (Lipinski definition) is 4. The second kappa shape index (κ2) is 5.69. The molecular formula is C14H18N2O2. The van der Waals surface area contributed by atoms with Crippen LogP contribution >= 0.6 is 0 Å². The summed E-state index contributed by atoms with van der Waals surface area (Å²) in [7, 11) is 0. The van der Waals surface area contributed by atoms with E-state index in [0.717, 1.165) is 23.7 Å². The molecule has 1 N–H and O–H groups in total. The largest absolute Gasteiger partial charge is 0.467 e. The number of aromatic nitrogens is 1. The first-order valence-corrected chi connectivity index (χ1v) is 6.12. The van der Waals surface area contributed by atoms with Crippen molar-refractivity contribution in [3.8, 4) is 0 Å². The van der Waals surface area contributed by atoms with Gasteiger partial charge in [0.05, 0.1) is 18.9 Å². The van der Waals surface area contributed by atoms with E-state index >= 15 is 0 Å². The summed E-state index contributed by atoms with van der Waals surface area (Å²) in [5.74, 6) is 1.70. The lowest BCUT2D eigenvalue weighted by molar-refractivity contribution is 0.199. The van der Waals surface area contributed by atoms with E-state index in [1.807, 2.05) is 24.3 Å². The van der Waals surface area contributed by atoms with Crippen LogP contribution in [0.15, 0.2) is 41.1 Å². The molecule has 1 atom stereocenters. The second-order valence-electron chi connectivity index (χ2n) is 4.19. The minimum Gasteiger partial charge on any atom is -0.467 e.